The molecule has 1 aromatic heterocycles. The fraction of sp³-hybridized carbons (Fsp3) is 0.474. The van der Waals surface area contributed by atoms with E-state index < -0.39 is 0 Å². The second-order valence-electron chi connectivity index (χ2n) is 6.69. The molecule has 1 aliphatic carbocycles. The average molecular weight is 342 g/mol. The number of carbonyl (C=O) groups is 1. The maximum atomic E-state index is 12.8. The molecule has 1 aliphatic heterocycles. The van der Waals surface area contributed by atoms with Crippen molar-refractivity contribution in [1.29, 1.82) is 0 Å². The normalized spacial score (nSPS) is 16.6. The number of amides is 1. The zero-order valence-corrected chi connectivity index (χ0v) is 14.4. The van der Waals surface area contributed by atoms with Gasteiger partial charge in [0.2, 0.25) is 0 Å². The van der Waals surface area contributed by atoms with Crippen LogP contribution in [0.3, 0.4) is 0 Å². The van der Waals surface area contributed by atoms with E-state index in [1.807, 2.05) is 4.90 Å². The zero-order chi connectivity index (χ0) is 17.2. The topological polar surface area (TPSA) is 64.8 Å². The lowest BCUT2D eigenvalue weighted by molar-refractivity contribution is 0.0726. The standard InChI is InChI=1S/C19H22N2O4/c1-23-15-6-4-14(5-7-15)19(22)21-9-8-18-16(10-21)17(20-25-18)12-24-11-13-2-3-13/h4-7,13H,2-3,8-12H2,1H3. The van der Waals surface area contributed by atoms with E-state index in [9.17, 15) is 4.79 Å². The van der Waals surface area contributed by atoms with Crippen LogP contribution in [0.25, 0.3) is 0 Å². The fourth-order valence-corrected chi connectivity index (χ4v) is 3.07. The van der Waals surface area contributed by atoms with Crippen LogP contribution >= 0.6 is 0 Å². The first-order chi connectivity index (χ1) is 12.2. The minimum Gasteiger partial charge on any atom is -0.497 e. The van der Waals surface area contributed by atoms with Crippen LogP contribution in [0.5, 0.6) is 5.75 Å². The number of hydrogen-bond acceptors (Lipinski definition) is 5. The minimum atomic E-state index is 0.0133. The second-order valence-corrected chi connectivity index (χ2v) is 6.69. The second kappa shape index (κ2) is 6.88. The lowest BCUT2D eigenvalue weighted by Crippen LogP contribution is -2.35. The summed E-state index contributed by atoms with van der Waals surface area (Å²) in [6, 6.07) is 7.20. The third kappa shape index (κ3) is 3.54. The molecule has 4 rings (SSSR count). The van der Waals surface area contributed by atoms with Gasteiger partial charge in [0.15, 0.2) is 0 Å². The summed E-state index contributed by atoms with van der Waals surface area (Å²) in [5.74, 6) is 2.35. The lowest BCUT2D eigenvalue weighted by atomic mass is 10.0. The van der Waals surface area contributed by atoms with Crippen LogP contribution in [-0.4, -0.2) is 36.2 Å². The van der Waals surface area contributed by atoms with Crippen molar-refractivity contribution in [3.05, 3.63) is 46.8 Å². The smallest absolute Gasteiger partial charge is 0.254 e. The Kier molecular flexibility index (Phi) is 4.44. The highest BCUT2D eigenvalue weighted by Gasteiger charge is 2.28. The fourth-order valence-electron chi connectivity index (χ4n) is 3.07. The van der Waals surface area contributed by atoms with E-state index >= 15 is 0 Å². The summed E-state index contributed by atoms with van der Waals surface area (Å²) >= 11 is 0. The summed E-state index contributed by atoms with van der Waals surface area (Å²) in [6.07, 6.45) is 3.22. The highest BCUT2D eigenvalue weighted by atomic mass is 16.5. The van der Waals surface area contributed by atoms with Crippen molar-refractivity contribution in [1.82, 2.24) is 10.1 Å². The number of ether oxygens (including phenoxy) is 2. The molecule has 1 amide bonds. The van der Waals surface area contributed by atoms with Gasteiger partial charge in [-0.1, -0.05) is 5.16 Å². The van der Waals surface area contributed by atoms with E-state index in [0.29, 0.717) is 31.7 Å². The predicted octanol–water partition coefficient (Wildman–Crippen LogP) is 2.81. The number of aromatic nitrogens is 1. The zero-order valence-electron chi connectivity index (χ0n) is 14.4. The molecule has 2 aromatic rings. The molecule has 0 N–H and O–H groups in total. The maximum Gasteiger partial charge on any atom is 0.254 e. The number of methoxy groups -OCH3 is 1. The van der Waals surface area contributed by atoms with Crippen molar-refractivity contribution in [2.75, 3.05) is 20.3 Å². The maximum absolute atomic E-state index is 12.8. The Morgan fingerprint density at radius 2 is 2.12 bits per heavy atom. The number of nitrogens with zero attached hydrogens (tertiary/aromatic N) is 2. The van der Waals surface area contributed by atoms with Gasteiger partial charge in [0.05, 0.1) is 20.3 Å². The molecule has 2 aliphatic rings. The van der Waals surface area contributed by atoms with Crippen LogP contribution in [0.15, 0.2) is 28.8 Å². The largest absolute Gasteiger partial charge is 0.497 e. The Labute approximate surface area is 146 Å². The predicted molar refractivity (Wildman–Crippen MR) is 90.3 cm³/mol. The molecule has 1 aromatic carbocycles. The first-order valence-corrected chi connectivity index (χ1v) is 8.72. The third-order valence-corrected chi connectivity index (χ3v) is 4.82. The first kappa shape index (κ1) is 16.1. The summed E-state index contributed by atoms with van der Waals surface area (Å²) < 4.78 is 16.3. The van der Waals surface area contributed by atoms with Gasteiger partial charge in [-0.05, 0) is 43.0 Å². The molecule has 1 fully saturated rings. The van der Waals surface area contributed by atoms with Crippen molar-refractivity contribution in [3.63, 3.8) is 0 Å². The molecular formula is C19H22N2O4. The average Bonchev–Trinajstić information content (AvgIpc) is 3.40. The number of carbonyl (C=O) groups excluding carboxylic acids is 1. The van der Waals surface area contributed by atoms with Gasteiger partial charge in [-0.15, -0.1) is 0 Å². The van der Waals surface area contributed by atoms with Crippen LogP contribution < -0.4 is 4.74 Å². The van der Waals surface area contributed by atoms with E-state index in [4.69, 9.17) is 14.0 Å². The number of rotatable bonds is 6. The Morgan fingerprint density at radius 3 is 2.84 bits per heavy atom. The van der Waals surface area contributed by atoms with Gasteiger partial charge < -0.3 is 18.9 Å². The van der Waals surface area contributed by atoms with Crippen molar-refractivity contribution >= 4 is 5.91 Å². The van der Waals surface area contributed by atoms with Gasteiger partial charge in [0, 0.05) is 30.7 Å². The molecule has 132 valence electrons. The Balaban J connectivity index is 1.43. The molecule has 6 nitrogen and oxygen atoms in total. The molecule has 0 bridgehead atoms. The summed E-state index contributed by atoms with van der Waals surface area (Å²) in [5.41, 5.74) is 2.49. The Bertz CT molecular complexity index is 749. The third-order valence-electron chi connectivity index (χ3n) is 4.82. The molecule has 0 radical (unpaired) electrons. The minimum absolute atomic E-state index is 0.0133. The molecule has 6 heteroatoms. The molecular weight excluding hydrogens is 320 g/mol. The van der Waals surface area contributed by atoms with Crippen molar-refractivity contribution in [3.8, 4) is 5.75 Å². The summed E-state index contributed by atoms with van der Waals surface area (Å²) in [4.78, 5) is 14.6. The summed E-state index contributed by atoms with van der Waals surface area (Å²) in [5, 5.41) is 4.15. The molecule has 0 atom stereocenters. The van der Waals surface area contributed by atoms with Gasteiger partial charge >= 0.3 is 0 Å². The van der Waals surface area contributed by atoms with E-state index in [1.165, 1.54) is 12.8 Å². The summed E-state index contributed by atoms with van der Waals surface area (Å²) in [6.45, 7) is 2.40. The van der Waals surface area contributed by atoms with E-state index in [2.05, 4.69) is 5.16 Å². The van der Waals surface area contributed by atoms with Gasteiger partial charge in [0.1, 0.15) is 17.2 Å². The number of benzene rings is 1. The quantitative estimate of drug-likeness (QED) is 0.808. The molecule has 2 heterocycles. The van der Waals surface area contributed by atoms with Gasteiger partial charge in [-0.3, -0.25) is 4.79 Å². The number of fused-ring (bicyclic) bond motifs is 1. The molecule has 1 saturated carbocycles. The highest BCUT2D eigenvalue weighted by molar-refractivity contribution is 5.94. The van der Waals surface area contributed by atoms with Crippen LogP contribution in [-0.2, 0) is 24.3 Å². The van der Waals surface area contributed by atoms with Crippen molar-refractivity contribution in [2.45, 2.75) is 32.4 Å². The van der Waals surface area contributed by atoms with Crippen LogP contribution in [0, 0.1) is 5.92 Å². The van der Waals surface area contributed by atoms with Crippen molar-refractivity contribution < 1.29 is 18.8 Å². The van der Waals surface area contributed by atoms with Gasteiger partial charge in [-0.2, -0.15) is 0 Å². The van der Waals surface area contributed by atoms with Crippen LogP contribution in [0.2, 0.25) is 0 Å². The monoisotopic (exact) mass is 342 g/mol. The van der Waals surface area contributed by atoms with E-state index in [-0.39, 0.29) is 5.91 Å². The van der Waals surface area contributed by atoms with Crippen LogP contribution in [0.4, 0.5) is 0 Å². The summed E-state index contributed by atoms with van der Waals surface area (Å²) in [7, 11) is 1.61. The SMILES string of the molecule is COc1ccc(C(=O)N2CCc3onc(COCC4CC4)c3C2)cc1. The van der Waals surface area contributed by atoms with E-state index in [1.54, 1.807) is 31.4 Å². The van der Waals surface area contributed by atoms with Crippen LogP contribution in [0.1, 0.15) is 40.2 Å². The Hall–Kier alpha value is -2.34. The molecule has 0 spiro atoms. The van der Waals surface area contributed by atoms with Gasteiger partial charge in [-0.25, -0.2) is 0 Å². The lowest BCUT2D eigenvalue weighted by Gasteiger charge is -2.26. The molecule has 25 heavy (non-hydrogen) atoms. The highest BCUT2D eigenvalue weighted by Crippen LogP contribution is 2.30. The van der Waals surface area contributed by atoms with Crippen molar-refractivity contribution in [2.24, 2.45) is 5.92 Å². The molecule has 0 saturated heterocycles. The molecule has 0 unspecified atom stereocenters. The first-order valence-electron chi connectivity index (χ1n) is 8.72. The number of hydrogen-bond donors (Lipinski definition) is 0. The Morgan fingerprint density at radius 1 is 1.32 bits per heavy atom. The van der Waals surface area contributed by atoms with E-state index in [0.717, 1.165) is 35.3 Å². The van der Waals surface area contributed by atoms with Gasteiger partial charge in [0.25, 0.3) is 5.91 Å².